The van der Waals surface area contributed by atoms with Crippen LogP contribution in [0.1, 0.15) is 15.2 Å². The van der Waals surface area contributed by atoms with E-state index in [4.69, 9.17) is 9.10 Å². The third kappa shape index (κ3) is 2.83. The molecule has 25 heavy (non-hydrogen) atoms. The number of para-hydroxylation sites is 1. The third-order valence-corrected chi connectivity index (χ3v) is 3.96. The Labute approximate surface area is 149 Å². The zero-order chi connectivity index (χ0) is 19.7. The molecule has 3 aromatic carbocycles. The van der Waals surface area contributed by atoms with Gasteiger partial charge >= 0.3 is 0 Å². The van der Waals surface area contributed by atoms with E-state index in [2.05, 4.69) is 5.10 Å². The van der Waals surface area contributed by atoms with Crippen LogP contribution < -0.4 is 0 Å². The standard InChI is InChI=1S/C21H16FN3/c1-25-20-17(21(22)24-25)13-8-14-18(20)23-19(15-9-4-2-5-10-15)16-11-6-3-7-12-16/h2-14H,1H3/i1D3. The zero-order valence-electron chi connectivity index (χ0n) is 16.2. The molecule has 4 heteroatoms. The second kappa shape index (κ2) is 6.32. The lowest BCUT2D eigenvalue weighted by Crippen LogP contribution is -2.03. The Morgan fingerprint density at radius 3 is 2.16 bits per heavy atom. The van der Waals surface area contributed by atoms with Gasteiger partial charge in [-0.15, -0.1) is 5.10 Å². The zero-order valence-corrected chi connectivity index (χ0v) is 13.2. The van der Waals surface area contributed by atoms with Crippen LogP contribution in [0.2, 0.25) is 0 Å². The van der Waals surface area contributed by atoms with Crippen molar-refractivity contribution in [3.05, 3.63) is 95.9 Å². The molecule has 3 nitrogen and oxygen atoms in total. The van der Waals surface area contributed by atoms with Crippen LogP contribution in [-0.4, -0.2) is 15.5 Å². The SMILES string of the molecule is [2H]C([2H])([2H])n1nc(F)c2cccc(N=C(c3ccccc3)c3ccccc3)c21. The molecule has 0 bridgehead atoms. The fraction of sp³-hybridized carbons (Fsp3) is 0.0476. The average molecular weight is 332 g/mol. The Balaban J connectivity index is 2.01. The van der Waals surface area contributed by atoms with E-state index in [-0.39, 0.29) is 10.9 Å². The van der Waals surface area contributed by atoms with Crippen LogP contribution in [0.5, 0.6) is 0 Å². The number of hydrogen-bond donors (Lipinski definition) is 0. The van der Waals surface area contributed by atoms with Crippen LogP contribution in [0.3, 0.4) is 0 Å². The molecule has 0 amide bonds. The number of hydrogen-bond acceptors (Lipinski definition) is 2. The van der Waals surface area contributed by atoms with Crippen LogP contribution in [0.4, 0.5) is 10.1 Å². The van der Waals surface area contributed by atoms with Crippen molar-refractivity contribution in [2.45, 2.75) is 0 Å². The van der Waals surface area contributed by atoms with Crippen LogP contribution in [0.15, 0.2) is 83.9 Å². The lowest BCUT2D eigenvalue weighted by molar-refractivity contribution is 0.562. The molecule has 0 spiro atoms. The first-order chi connectivity index (χ1) is 13.4. The van der Waals surface area contributed by atoms with Gasteiger partial charge in [-0.05, 0) is 12.1 Å². The summed E-state index contributed by atoms with van der Waals surface area (Å²) in [4.78, 5) is 4.75. The number of aliphatic imine (C=N–C) groups is 1. The molecule has 0 saturated heterocycles. The molecule has 0 atom stereocenters. The molecule has 4 rings (SSSR count). The van der Waals surface area contributed by atoms with Gasteiger partial charge in [0.15, 0.2) is 0 Å². The molecular weight excluding hydrogens is 313 g/mol. The van der Waals surface area contributed by atoms with Gasteiger partial charge in [-0.3, -0.25) is 4.68 Å². The van der Waals surface area contributed by atoms with Gasteiger partial charge in [0, 0.05) is 22.2 Å². The van der Waals surface area contributed by atoms with Gasteiger partial charge in [-0.25, -0.2) is 4.99 Å². The van der Waals surface area contributed by atoms with E-state index in [0.29, 0.717) is 11.4 Å². The highest BCUT2D eigenvalue weighted by Crippen LogP contribution is 2.28. The van der Waals surface area contributed by atoms with E-state index in [9.17, 15) is 4.39 Å². The van der Waals surface area contributed by atoms with Gasteiger partial charge in [-0.1, -0.05) is 66.7 Å². The first-order valence-electron chi connectivity index (χ1n) is 9.32. The first-order valence-corrected chi connectivity index (χ1v) is 7.82. The van der Waals surface area contributed by atoms with Crippen LogP contribution in [-0.2, 0) is 6.98 Å². The van der Waals surface area contributed by atoms with Gasteiger partial charge in [-0.2, -0.15) is 4.39 Å². The Morgan fingerprint density at radius 1 is 0.920 bits per heavy atom. The molecule has 0 unspecified atom stereocenters. The van der Waals surface area contributed by atoms with Crippen molar-refractivity contribution in [2.24, 2.45) is 12.0 Å². The molecule has 1 heterocycles. The van der Waals surface area contributed by atoms with Crippen molar-refractivity contribution in [1.29, 1.82) is 0 Å². The number of aryl methyl sites for hydroxylation is 1. The van der Waals surface area contributed by atoms with E-state index in [1.165, 1.54) is 6.07 Å². The first kappa shape index (κ1) is 12.1. The number of nitrogens with zero attached hydrogens (tertiary/aromatic N) is 3. The number of halogens is 1. The van der Waals surface area contributed by atoms with Crippen LogP contribution in [0.25, 0.3) is 10.9 Å². The maximum Gasteiger partial charge on any atom is 0.240 e. The fourth-order valence-corrected chi connectivity index (χ4v) is 2.81. The summed E-state index contributed by atoms with van der Waals surface area (Å²) in [6.45, 7) is -2.62. The van der Waals surface area contributed by atoms with Gasteiger partial charge in [0.05, 0.1) is 22.3 Å². The molecule has 0 saturated carbocycles. The number of fused-ring (bicyclic) bond motifs is 1. The summed E-state index contributed by atoms with van der Waals surface area (Å²) in [5.74, 6) is -0.829. The topological polar surface area (TPSA) is 30.2 Å². The van der Waals surface area contributed by atoms with E-state index < -0.39 is 12.9 Å². The van der Waals surface area contributed by atoms with Gasteiger partial charge in [0.2, 0.25) is 5.95 Å². The van der Waals surface area contributed by atoms with Crippen molar-refractivity contribution in [2.75, 3.05) is 0 Å². The number of aromatic nitrogens is 2. The monoisotopic (exact) mass is 332 g/mol. The van der Waals surface area contributed by atoms with Crippen LogP contribution >= 0.6 is 0 Å². The van der Waals surface area contributed by atoms with Gasteiger partial charge < -0.3 is 0 Å². The number of benzene rings is 3. The smallest absolute Gasteiger partial charge is 0.240 e. The Bertz CT molecular complexity index is 1110. The summed E-state index contributed by atoms with van der Waals surface area (Å²) in [5.41, 5.74) is 2.88. The van der Waals surface area contributed by atoms with E-state index in [0.717, 1.165) is 15.8 Å². The quantitative estimate of drug-likeness (QED) is 0.492. The van der Waals surface area contributed by atoms with Crippen molar-refractivity contribution in [3.63, 3.8) is 0 Å². The molecule has 0 aliphatic heterocycles. The molecule has 0 aliphatic rings. The van der Waals surface area contributed by atoms with E-state index in [1.54, 1.807) is 12.1 Å². The maximum atomic E-state index is 14.3. The summed E-state index contributed by atoms with van der Waals surface area (Å²) in [6, 6.07) is 23.9. The molecule has 0 N–H and O–H groups in total. The summed E-state index contributed by atoms with van der Waals surface area (Å²) in [6.07, 6.45) is 0. The molecule has 1 aromatic heterocycles. The minimum absolute atomic E-state index is 0.123. The highest BCUT2D eigenvalue weighted by Gasteiger charge is 2.13. The van der Waals surface area contributed by atoms with Gasteiger partial charge in [0.1, 0.15) is 0 Å². The highest BCUT2D eigenvalue weighted by molar-refractivity contribution is 6.14. The minimum atomic E-state index is -2.62. The maximum absolute atomic E-state index is 14.3. The lowest BCUT2D eigenvalue weighted by Gasteiger charge is -2.08. The normalized spacial score (nSPS) is 13.1. The Hall–Kier alpha value is -3.27. The molecule has 0 aliphatic carbocycles. The van der Waals surface area contributed by atoms with E-state index >= 15 is 0 Å². The summed E-state index contributed by atoms with van der Waals surface area (Å²) >= 11 is 0. The van der Waals surface area contributed by atoms with Gasteiger partial charge in [0.25, 0.3) is 0 Å². The van der Waals surface area contributed by atoms with E-state index in [1.807, 2.05) is 60.7 Å². The molecule has 4 aromatic rings. The van der Waals surface area contributed by atoms with Crippen molar-refractivity contribution in [1.82, 2.24) is 9.78 Å². The highest BCUT2D eigenvalue weighted by atomic mass is 19.1. The average Bonchev–Trinajstić information content (AvgIpc) is 3.05. The predicted octanol–water partition coefficient (Wildman–Crippen LogP) is 4.88. The largest absolute Gasteiger partial charge is 0.263 e. The second-order valence-electron chi connectivity index (χ2n) is 5.57. The summed E-state index contributed by atoms with van der Waals surface area (Å²) < 4.78 is 38.1. The van der Waals surface area contributed by atoms with Crippen molar-refractivity contribution < 1.29 is 8.50 Å². The summed E-state index contributed by atoms with van der Waals surface area (Å²) in [7, 11) is 0. The lowest BCUT2D eigenvalue weighted by atomic mass is 10.0. The number of rotatable bonds is 3. The molecular formula is C21H16FN3. The van der Waals surface area contributed by atoms with Crippen molar-refractivity contribution in [3.8, 4) is 0 Å². The molecule has 0 radical (unpaired) electrons. The minimum Gasteiger partial charge on any atom is -0.263 e. The molecule has 0 fully saturated rings. The summed E-state index contributed by atoms with van der Waals surface area (Å²) in [5, 5.41) is 3.72. The fourth-order valence-electron chi connectivity index (χ4n) is 2.81. The molecule has 122 valence electrons. The van der Waals surface area contributed by atoms with Crippen molar-refractivity contribution >= 4 is 22.3 Å². The second-order valence-corrected chi connectivity index (χ2v) is 5.57. The predicted molar refractivity (Wildman–Crippen MR) is 98.9 cm³/mol. The van der Waals surface area contributed by atoms with Crippen LogP contribution in [0, 0.1) is 5.95 Å². The Morgan fingerprint density at radius 2 is 1.56 bits per heavy atom. The third-order valence-electron chi connectivity index (χ3n) is 3.96. The Kier molecular flexibility index (Phi) is 3.07.